The maximum absolute atomic E-state index is 10.6. The fraction of sp³-hybridized carbons (Fsp3) is 0. The number of halogens is 1. The average Bonchev–Trinajstić information content (AvgIpc) is 2.67. The van der Waals surface area contributed by atoms with Gasteiger partial charge >= 0.3 is 5.97 Å². The molecule has 0 aromatic carbocycles. The normalized spacial score (nSPS) is 10.2. The van der Waals surface area contributed by atoms with Crippen LogP contribution in [0.15, 0.2) is 29.4 Å². The molecule has 7 heteroatoms. The smallest absolute Gasteiger partial charge is 0.338 e. The van der Waals surface area contributed by atoms with Gasteiger partial charge in [-0.25, -0.2) is 19.4 Å². The zero-order valence-corrected chi connectivity index (χ0v) is 8.92. The maximum atomic E-state index is 10.6. The standard InChI is InChI=1S/C8H5BrN4O2/c9-6-2-10-4-11-7(6)13-3-5(1-12-13)8(14)15/h1-4H,(H,14,15). The number of hydrogen-bond donors (Lipinski definition) is 1. The Bertz CT molecular complexity index is 511. The van der Waals surface area contributed by atoms with Gasteiger partial charge in [0.25, 0.3) is 0 Å². The second kappa shape index (κ2) is 3.77. The minimum absolute atomic E-state index is 0.112. The summed E-state index contributed by atoms with van der Waals surface area (Å²) in [5.74, 6) is -0.524. The zero-order valence-electron chi connectivity index (χ0n) is 7.33. The molecule has 76 valence electrons. The topological polar surface area (TPSA) is 80.9 Å². The van der Waals surface area contributed by atoms with Crippen molar-refractivity contribution in [2.24, 2.45) is 0 Å². The average molecular weight is 269 g/mol. The van der Waals surface area contributed by atoms with Gasteiger partial charge in [-0.05, 0) is 15.9 Å². The Morgan fingerprint density at radius 2 is 2.27 bits per heavy atom. The van der Waals surface area contributed by atoms with Gasteiger partial charge in [-0.15, -0.1) is 0 Å². The molecule has 0 amide bonds. The number of nitrogens with zero attached hydrogens (tertiary/aromatic N) is 4. The van der Waals surface area contributed by atoms with Crippen LogP contribution in [0, 0.1) is 0 Å². The van der Waals surface area contributed by atoms with Crippen molar-refractivity contribution in [2.45, 2.75) is 0 Å². The van der Waals surface area contributed by atoms with Gasteiger partial charge < -0.3 is 5.11 Å². The second-order valence-electron chi connectivity index (χ2n) is 2.67. The first-order valence-electron chi connectivity index (χ1n) is 3.92. The molecular formula is C8H5BrN4O2. The summed E-state index contributed by atoms with van der Waals surface area (Å²) in [5.41, 5.74) is 0.112. The van der Waals surface area contributed by atoms with Gasteiger partial charge in [0.05, 0.1) is 16.2 Å². The Kier molecular flexibility index (Phi) is 2.46. The third-order valence-corrected chi connectivity index (χ3v) is 2.25. The number of aromatic carboxylic acids is 1. The van der Waals surface area contributed by atoms with Crippen molar-refractivity contribution < 1.29 is 9.90 Å². The van der Waals surface area contributed by atoms with Gasteiger partial charge in [0.15, 0.2) is 5.82 Å². The minimum atomic E-state index is -1.02. The lowest BCUT2D eigenvalue weighted by Crippen LogP contribution is -1.99. The van der Waals surface area contributed by atoms with E-state index in [0.29, 0.717) is 10.3 Å². The van der Waals surface area contributed by atoms with E-state index in [1.807, 2.05) is 0 Å². The lowest BCUT2D eigenvalue weighted by atomic mass is 10.4. The Labute approximate surface area is 92.7 Å². The van der Waals surface area contributed by atoms with Gasteiger partial charge in [-0.2, -0.15) is 5.10 Å². The van der Waals surface area contributed by atoms with Crippen LogP contribution in [0.5, 0.6) is 0 Å². The molecule has 0 aliphatic carbocycles. The molecule has 0 saturated carbocycles. The van der Waals surface area contributed by atoms with Gasteiger partial charge in [0, 0.05) is 12.4 Å². The number of aromatic nitrogens is 4. The predicted octanol–water partition coefficient (Wildman–Crippen LogP) is 1.12. The number of carboxylic acid groups (broad SMARTS) is 1. The summed E-state index contributed by atoms with van der Waals surface area (Å²) in [6.07, 6.45) is 5.57. The number of carboxylic acids is 1. The molecule has 0 aliphatic rings. The fourth-order valence-corrected chi connectivity index (χ4v) is 1.43. The molecule has 0 unspecified atom stereocenters. The van der Waals surface area contributed by atoms with Crippen LogP contribution in [0.1, 0.15) is 10.4 Å². The van der Waals surface area contributed by atoms with Crippen LogP contribution in [0.25, 0.3) is 5.82 Å². The van der Waals surface area contributed by atoms with Crippen LogP contribution < -0.4 is 0 Å². The van der Waals surface area contributed by atoms with E-state index in [9.17, 15) is 4.79 Å². The summed E-state index contributed by atoms with van der Waals surface area (Å²) in [6.45, 7) is 0. The third kappa shape index (κ3) is 1.86. The van der Waals surface area contributed by atoms with Crippen LogP contribution in [-0.4, -0.2) is 30.8 Å². The van der Waals surface area contributed by atoms with Crippen LogP contribution in [0.3, 0.4) is 0 Å². The third-order valence-electron chi connectivity index (χ3n) is 1.69. The van der Waals surface area contributed by atoms with Gasteiger partial charge in [-0.1, -0.05) is 0 Å². The molecule has 0 aliphatic heterocycles. The zero-order chi connectivity index (χ0) is 10.8. The van der Waals surface area contributed by atoms with Crippen LogP contribution >= 0.6 is 15.9 Å². The fourth-order valence-electron chi connectivity index (χ4n) is 1.02. The highest BCUT2D eigenvalue weighted by molar-refractivity contribution is 9.10. The van der Waals surface area contributed by atoms with E-state index in [0.717, 1.165) is 0 Å². The summed E-state index contributed by atoms with van der Waals surface area (Å²) >= 11 is 3.25. The summed E-state index contributed by atoms with van der Waals surface area (Å²) in [5, 5.41) is 12.6. The van der Waals surface area contributed by atoms with Crippen molar-refractivity contribution in [1.82, 2.24) is 19.7 Å². The van der Waals surface area contributed by atoms with Gasteiger partial charge in [0.2, 0.25) is 0 Å². The predicted molar refractivity (Wildman–Crippen MR) is 53.8 cm³/mol. The lowest BCUT2D eigenvalue weighted by molar-refractivity contribution is 0.0697. The molecule has 0 bridgehead atoms. The molecule has 0 saturated heterocycles. The van der Waals surface area contributed by atoms with Crippen molar-refractivity contribution in [3.05, 3.63) is 35.0 Å². The van der Waals surface area contributed by atoms with Crippen molar-refractivity contribution in [3.8, 4) is 5.82 Å². The van der Waals surface area contributed by atoms with Crippen molar-refractivity contribution in [1.29, 1.82) is 0 Å². The Morgan fingerprint density at radius 1 is 1.47 bits per heavy atom. The van der Waals surface area contributed by atoms with E-state index in [2.05, 4.69) is 31.0 Å². The van der Waals surface area contributed by atoms with Crippen molar-refractivity contribution >= 4 is 21.9 Å². The highest BCUT2D eigenvalue weighted by Crippen LogP contribution is 2.16. The minimum Gasteiger partial charge on any atom is -0.478 e. The Morgan fingerprint density at radius 3 is 2.87 bits per heavy atom. The molecule has 0 spiro atoms. The largest absolute Gasteiger partial charge is 0.478 e. The van der Waals surface area contributed by atoms with Crippen LogP contribution in [0.4, 0.5) is 0 Å². The summed E-state index contributed by atoms with van der Waals surface area (Å²) in [4.78, 5) is 18.4. The van der Waals surface area contributed by atoms with Crippen molar-refractivity contribution in [3.63, 3.8) is 0 Å². The molecule has 0 atom stereocenters. The number of rotatable bonds is 2. The second-order valence-corrected chi connectivity index (χ2v) is 3.53. The monoisotopic (exact) mass is 268 g/mol. The van der Waals surface area contributed by atoms with Gasteiger partial charge in [-0.3, -0.25) is 0 Å². The summed E-state index contributed by atoms with van der Waals surface area (Å²) in [6, 6.07) is 0. The molecule has 6 nitrogen and oxygen atoms in total. The molecular weight excluding hydrogens is 264 g/mol. The summed E-state index contributed by atoms with van der Waals surface area (Å²) < 4.78 is 2.01. The lowest BCUT2D eigenvalue weighted by Gasteiger charge is -2.00. The van der Waals surface area contributed by atoms with E-state index in [-0.39, 0.29) is 5.56 Å². The first kappa shape index (κ1) is 9.78. The Hall–Kier alpha value is -1.76. The molecule has 1 N–H and O–H groups in total. The highest BCUT2D eigenvalue weighted by atomic mass is 79.9. The molecule has 2 aromatic rings. The molecule has 2 rings (SSSR count). The maximum Gasteiger partial charge on any atom is 0.338 e. The van der Waals surface area contributed by atoms with E-state index < -0.39 is 5.97 Å². The molecule has 15 heavy (non-hydrogen) atoms. The SMILES string of the molecule is O=C(O)c1cnn(-c2ncncc2Br)c1. The number of hydrogen-bond acceptors (Lipinski definition) is 4. The van der Waals surface area contributed by atoms with Gasteiger partial charge in [0.1, 0.15) is 6.33 Å². The van der Waals surface area contributed by atoms with Crippen LogP contribution in [0.2, 0.25) is 0 Å². The number of carbonyl (C=O) groups is 1. The molecule has 0 fully saturated rings. The first-order valence-corrected chi connectivity index (χ1v) is 4.71. The van der Waals surface area contributed by atoms with Crippen LogP contribution in [-0.2, 0) is 0 Å². The highest BCUT2D eigenvalue weighted by Gasteiger charge is 2.09. The van der Waals surface area contributed by atoms with Crippen molar-refractivity contribution in [2.75, 3.05) is 0 Å². The molecule has 2 aromatic heterocycles. The molecule has 2 heterocycles. The van der Waals surface area contributed by atoms with E-state index >= 15 is 0 Å². The van der Waals surface area contributed by atoms with E-state index in [4.69, 9.17) is 5.11 Å². The first-order chi connectivity index (χ1) is 7.18. The van der Waals surface area contributed by atoms with E-state index in [1.165, 1.54) is 23.4 Å². The quantitative estimate of drug-likeness (QED) is 0.883. The molecule has 0 radical (unpaired) electrons. The Balaban J connectivity index is 2.46. The summed E-state index contributed by atoms with van der Waals surface area (Å²) in [7, 11) is 0. The van der Waals surface area contributed by atoms with E-state index in [1.54, 1.807) is 6.20 Å².